The van der Waals surface area contributed by atoms with Crippen molar-refractivity contribution >= 4 is 22.0 Å². The first-order valence-electron chi connectivity index (χ1n) is 3.93. The first kappa shape index (κ1) is 8.96. The minimum atomic E-state index is -3.69. The van der Waals surface area contributed by atoms with Crippen molar-refractivity contribution in [3.8, 4) is 0 Å². The summed E-state index contributed by atoms with van der Waals surface area (Å²) in [4.78, 5) is 11.1. The van der Waals surface area contributed by atoms with Crippen LogP contribution in [0.4, 0.5) is 0 Å². The lowest BCUT2D eigenvalue weighted by atomic mass is 10.2. The molecule has 72 valence electrons. The van der Waals surface area contributed by atoms with Crippen LogP contribution in [-0.4, -0.2) is 14.3 Å². The summed E-state index contributed by atoms with van der Waals surface area (Å²) in [5.74, 6) is -0.624. The van der Waals surface area contributed by atoms with Gasteiger partial charge in [0.05, 0.1) is 4.90 Å². The molecule has 0 spiro atoms. The zero-order valence-electron chi connectivity index (χ0n) is 7.10. The van der Waals surface area contributed by atoms with Crippen LogP contribution >= 0.6 is 0 Å². The van der Waals surface area contributed by atoms with Crippen molar-refractivity contribution < 1.29 is 13.2 Å². The van der Waals surface area contributed by atoms with Gasteiger partial charge in [-0.05, 0) is 17.7 Å². The molecule has 5 heteroatoms. The normalized spacial score (nSPS) is 18.1. The van der Waals surface area contributed by atoms with Gasteiger partial charge < -0.3 is 0 Å². The van der Waals surface area contributed by atoms with Crippen molar-refractivity contribution in [2.75, 3.05) is 0 Å². The number of rotatable bonds is 0. The highest BCUT2D eigenvalue weighted by Gasteiger charge is 2.21. The van der Waals surface area contributed by atoms with Gasteiger partial charge in [0.25, 0.3) is 15.9 Å². The van der Waals surface area contributed by atoms with Crippen LogP contribution in [0.15, 0.2) is 35.2 Å². The maximum atomic E-state index is 11.5. The van der Waals surface area contributed by atoms with Crippen LogP contribution in [-0.2, 0) is 14.8 Å². The summed E-state index contributed by atoms with van der Waals surface area (Å²) in [6.45, 7) is 0. The lowest BCUT2D eigenvalue weighted by Gasteiger charge is -2.04. The standard InChI is InChI=1S/C9H7NO3S/c11-9-6-5-7-3-1-2-4-8(7)14(12,13)10-9/h1-6H,(H,10,11). The maximum absolute atomic E-state index is 11.5. The Morgan fingerprint density at radius 1 is 1.07 bits per heavy atom. The number of hydrogen-bond acceptors (Lipinski definition) is 3. The molecule has 0 radical (unpaired) electrons. The summed E-state index contributed by atoms with van der Waals surface area (Å²) < 4.78 is 25.0. The molecule has 0 saturated heterocycles. The lowest BCUT2D eigenvalue weighted by molar-refractivity contribution is -0.114. The largest absolute Gasteiger partial charge is 0.269 e. The molecule has 0 aliphatic carbocycles. The molecule has 0 atom stereocenters. The predicted molar refractivity (Wildman–Crippen MR) is 50.8 cm³/mol. The van der Waals surface area contributed by atoms with Gasteiger partial charge in [-0.25, -0.2) is 13.1 Å². The molecule has 0 unspecified atom stereocenters. The molecule has 0 saturated carbocycles. The monoisotopic (exact) mass is 209 g/mol. The average molecular weight is 209 g/mol. The average Bonchev–Trinajstić information content (AvgIpc) is 2.24. The van der Waals surface area contributed by atoms with Gasteiger partial charge in [-0.1, -0.05) is 18.2 Å². The van der Waals surface area contributed by atoms with Gasteiger partial charge in [-0.2, -0.15) is 0 Å². The van der Waals surface area contributed by atoms with E-state index in [1.165, 1.54) is 18.2 Å². The predicted octanol–water partition coefficient (Wildman–Crippen LogP) is 0.518. The molecule has 1 heterocycles. The molecule has 14 heavy (non-hydrogen) atoms. The van der Waals surface area contributed by atoms with Gasteiger partial charge in [-0.3, -0.25) is 4.79 Å². The molecule has 1 aliphatic heterocycles. The van der Waals surface area contributed by atoms with Crippen molar-refractivity contribution in [2.45, 2.75) is 4.90 Å². The van der Waals surface area contributed by atoms with Gasteiger partial charge in [0, 0.05) is 6.08 Å². The number of hydrogen-bond donors (Lipinski definition) is 1. The van der Waals surface area contributed by atoms with E-state index in [1.807, 2.05) is 4.72 Å². The fourth-order valence-corrected chi connectivity index (χ4v) is 2.40. The topological polar surface area (TPSA) is 63.2 Å². The third-order valence-corrected chi connectivity index (χ3v) is 3.28. The van der Waals surface area contributed by atoms with Crippen molar-refractivity contribution in [3.05, 3.63) is 35.9 Å². The maximum Gasteiger partial charge on any atom is 0.264 e. The van der Waals surface area contributed by atoms with Gasteiger partial charge in [0.1, 0.15) is 0 Å². The molecule has 4 nitrogen and oxygen atoms in total. The number of amides is 1. The molecule has 1 aliphatic rings. The first-order valence-corrected chi connectivity index (χ1v) is 5.42. The number of carbonyl (C=O) groups excluding carboxylic acids is 1. The fourth-order valence-electron chi connectivity index (χ4n) is 1.25. The second kappa shape index (κ2) is 2.95. The molecule has 0 fully saturated rings. The molecular formula is C9H7NO3S. The quantitative estimate of drug-likeness (QED) is 0.677. The second-order valence-corrected chi connectivity index (χ2v) is 4.49. The Kier molecular flexibility index (Phi) is 1.89. The Balaban J connectivity index is 2.72. The van der Waals surface area contributed by atoms with Gasteiger partial charge in [0.15, 0.2) is 0 Å². The number of sulfonamides is 1. The molecule has 2 rings (SSSR count). The van der Waals surface area contributed by atoms with Crippen LogP contribution in [0.3, 0.4) is 0 Å². The Morgan fingerprint density at radius 2 is 1.79 bits per heavy atom. The molecular weight excluding hydrogens is 202 g/mol. The van der Waals surface area contributed by atoms with E-state index in [4.69, 9.17) is 0 Å². The van der Waals surface area contributed by atoms with E-state index < -0.39 is 15.9 Å². The van der Waals surface area contributed by atoms with Crippen molar-refractivity contribution in [2.24, 2.45) is 0 Å². The van der Waals surface area contributed by atoms with Crippen molar-refractivity contribution in [1.29, 1.82) is 0 Å². The van der Waals surface area contributed by atoms with E-state index in [2.05, 4.69) is 0 Å². The van der Waals surface area contributed by atoms with Crippen LogP contribution in [0.1, 0.15) is 5.56 Å². The number of carbonyl (C=O) groups is 1. The van der Waals surface area contributed by atoms with Crippen LogP contribution in [0.25, 0.3) is 6.08 Å². The van der Waals surface area contributed by atoms with E-state index in [1.54, 1.807) is 18.2 Å². The zero-order chi connectivity index (χ0) is 10.2. The van der Waals surface area contributed by atoms with Gasteiger partial charge in [0.2, 0.25) is 0 Å². The number of nitrogens with one attached hydrogen (secondary N) is 1. The molecule has 1 aromatic rings. The fraction of sp³-hybridized carbons (Fsp3) is 0. The summed E-state index contributed by atoms with van der Waals surface area (Å²) in [7, 11) is -3.69. The Morgan fingerprint density at radius 3 is 2.57 bits per heavy atom. The lowest BCUT2D eigenvalue weighted by Crippen LogP contribution is -2.28. The minimum absolute atomic E-state index is 0.127. The highest BCUT2D eigenvalue weighted by Crippen LogP contribution is 2.18. The third-order valence-electron chi connectivity index (χ3n) is 1.86. The summed E-state index contributed by atoms with van der Waals surface area (Å²) in [5, 5.41) is 0. The zero-order valence-corrected chi connectivity index (χ0v) is 7.91. The van der Waals surface area contributed by atoms with Crippen LogP contribution < -0.4 is 4.72 Å². The van der Waals surface area contributed by atoms with Crippen molar-refractivity contribution in [1.82, 2.24) is 4.72 Å². The van der Waals surface area contributed by atoms with E-state index in [0.717, 1.165) is 0 Å². The molecule has 0 bridgehead atoms. The van der Waals surface area contributed by atoms with Crippen LogP contribution in [0, 0.1) is 0 Å². The summed E-state index contributed by atoms with van der Waals surface area (Å²) >= 11 is 0. The number of fused-ring (bicyclic) bond motifs is 1. The smallest absolute Gasteiger partial charge is 0.264 e. The highest BCUT2D eigenvalue weighted by molar-refractivity contribution is 7.90. The summed E-state index contributed by atoms with van der Waals surface area (Å²) in [5.41, 5.74) is 0.519. The Bertz CT molecular complexity index is 517. The van der Waals surface area contributed by atoms with E-state index in [-0.39, 0.29) is 4.90 Å². The molecule has 0 aromatic heterocycles. The first-order chi connectivity index (χ1) is 6.59. The van der Waals surface area contributed by atoms with E-state index >= 15 is 0 Å². The molecule has 1 N–H and O–H groups in total. The number of benzene rings is 1. The SMILES string of the molecule is O=C1C=Cc2ccccc2S(=O)(=O)N1. The van der Waals surface area contributed by atoms with Crippen LogP contribution in [0.2, 0.25) is 0 Å². The van der Waals surface area contributed by atoms with Crippen LogP contribution in [0.5, 0.6) is 0 Å². The second-order valence-electron chi connectivity index (χ2n) is 2.84. The van der Waals surface area contributed by atoms with Gasteiger partial charge in [-0.15, -0.1) is 0 Å². The van der Waals surface area contributed by atoms with E-state index in [9.17, 15) is 13.2 Å². The summed E-state index contributed by atoms with van der Waals surface area (Å²) in [6.07, 6.45) is 2.68. The van der Waals surface area contributed by atoms with Crippen molar-refractivity contribution in [3.63, 3.8) is 0 Å². The Labute approximate surface area is 81.3 Å². The molecule has 1 amide bonds. The molecule has 1 aromatic carbocycles. The summed E-state index contributed by atoms with van der Waals surface area (Å²) in [6, 6.07) is 6.43. The minimum Gasteiger partial charge on any atom is -0.269 e. The third kappa shape index (κ3) is 1.42. The van der Waals surface area contributed by atoms with Gasteiger partial charge >= 0.3 is 0 Å². The Hall–Kier alpha value is -1.62. The van der Waals surface area contributed by atoms with E-state index in [0.29, 0.717) is 5.56 Å². The highest BCUT2D eigenvalue weighted by atomic mass is 32.2.